The summed E-state index contributed by atoms with van der Waals surface area (Å²) in [7, 11) is 0. The van der Waals surface area contributed by atoms with E-state index >= 15 is 0 Å². The van der Waals surface area contributed by atoms with Crippen LogP contribution in [0.4, 0.5) is 0 Å². The molecule has 3 atom stereocenters. The van der Waals surface area contributed by atoms with E-state index in [0.717, 1.165) is 19.3 Å². The van der Waals surface area contributed by atoms with Crippen LogP contribution < -0.4 is 0 Å². The van der Waals surface area contributed by atoms with Crippen LogP contribution in [0.5, 0.6) is 0 Å². The van der Waals surface area contributed by atoms with Crippen LogP contribution >= 0.6 is 0 Å². The van der Waals surface area contributed by atoms with Crippen LogP contribution in [-0.2, 0) is 4.79 Å². The molecular formula is C10H14O. The minimum atomic E-state index is 0.392. The molecule has 0 unspecified atom stereocenters. The van der Waals surface area contributed by atoms with Gasteiger partial charge in [0, 0.05) is 11.8 Å². The van der Waals surface area contributed by atoms with Crippen molar-refractivity contribution < 1.29 is 4.79 Å². The molecule has 0 spiro atoms. The SMILES string of the molecule is CCC[C@@H]1C(=O)[C@@H]2CC=C[C@H]12. The van der Waals surface area contributed by atoms with Crippen LogP contribution in [0.15, 0.2) is 12.2 Å². The van der Waals surface area contributed by atoms with Crippen molar-refractivity contribution in [2.24, 2.45) is 17.8 Å². The first-order chi connectivity index (χ1) is 5.34. The number of rotatable bonds is 2. The Morgan fingerprint density at radius 1 is 1.64 bits per heavy atom. The van der Waals surface area contributed by atoms with Crippen molar-refractivity contribution in [2.45, 2.75) is 26.2 Å². The Balaban J connectivity index is 2.02. The molecular weight excluding hydrogens is 136 g/mol. The van der Waals surface area contributed by atoms with E-state index in [-0.39, 0.29) is 0 Å². The van der Waals surface area contributed by atoms with E-state index in [1.807, 2.05) is 0 Å². The van der Waals surface area contributed by atoms with Crippen LogP contribution in [0.2, 0.25) is 0 Å². The maximum Gasteiger partial charge on any atom is 0.140 e. The second-order valence-corrected chi connectivity index (χ2v) is 3.65. The Hall–Kier alpha value is -0.590. The summed E-state index contributed by atoms with van der Waals surface area (Å²) in [6.07, 6.45) is 7.68. The fraction of sp³-hybridized carbons (Fsp3) is 0.700. The first kappa shape index (κ1) is 7.08. The molecule has 2 aliphatic carbocycles. The van der Waals surface area contributed by atoms with E-state index in [9.17, 15) is 4.79 Å². The summed E-state index contributed by atoms with van der Waals surface area (Å²) in [5, 5.41) is 0. The molecule has 2 aliphatic rings. The second-order valence-electron chi connectivity index (χ2n) is 3.65. The lowest BCUT2D eigenvalue weighted by molar-refractivity contribution is -0.139. The standard InChI is InChI=1S/C10H14O/c1-2-4-8-7-5-3-6-9(7)10(8)11/h3,5,7-9H,2,4,6H2,1H3/t7-,8+,9-/m1/s1. The van der Waals surface area contributed by atoms with Crippen molar-refractivity contribution in [2.75, 3.05) is 0 Å². The third kappa shape index (κ3) is 0.867. The molecule has 1 nitrogen and oxygen atoms in total. The zero-order valence-corrected chi connectivity index (χ0v) is 6.92. The molecule has 2 rings (SSSR count). The maximum absolute atomic E-state index is 11.4. The number of allylic oxidation sites excluding steroid dienone is 2. The molecule has 0 radical (unpaired) electrons. The average Bonchev–Trinajstić information content (AvgIpc) is 2.44. The van der Waals surface area contributed by atoms with Crippen LogP contribution in [-0.4, -0.2) is 5.78 Å². The molecule has 0 aromatic carbocycles. The van der Waals surface area contributed by atoms with Gasteiger partial charge in [0.1, 0.15) is 5.78 Å². The fourth-order valence-electron chi connectivity index (χ4n) is 2.39. The maximum atomic E-state index is 11.4. The van der Waals surface area contributed by atoms with Gasteiger partial charge in [-0.3, -0.25) is 4.79 Å². The molecule has 0 bridgehead atoms. The van der Waals surface area contributed by atoms with Gasteiger partial charge in [0.2, 0.25) is 0 Å². The number of carbonyl (C=O) groups is 1. The largest absolute Gasteiger partial charge is 0.299 e. The molecule has 0 saturated heterocycles. The van der Waals surface area contributed by atoms with Crippen LogP contribution in [0.1, 0.15) is 26.2 Å². The minimum Gasteiger partial charge on any atom is -0.299 e. The van der Waals surface area contributed by atoms with Gasteiger partial charge >= 0.3 is 0 Å². The van der Waals surface area contributed by atoms with Crippen molar-refractivity contribution in [3.8, 4) is 0 Å². The molecule has 1 saturated carbocycles. The lowest BCUT2D eigenvalue weighted by atomic mass is 9.64. The fourth-order valence-corrected chi connectivity index (χ4v) is 2.39. The summed E-state index contributed by atoms with van der Waals surface area (Å²) in [5.74, 6) is 1.94. The monoisotopic (exact) mass is 150 g/mol. The Labute approximate surface area is 67.5 Å². The molecule has 11 heavy (non-hydrogen) atoms. The smallest absolute Gasteiger partial charge is 0.140 e. The van der Waals surface area contributed by atoms with Crippen LogP contribution in [0, 0.1) is 17.8 Å². The molecule has 0 heterocycles. The van der Waals surface area contributed by atoms with Gasteiger partial charge in [-0.25, -0.2) is 0 Å². The first-order valence-electron chi connectivity index (χ1n) is 4.55. The number of ketones is 1. The van der Waals surface area contributed by atoms with Crippen molar-refractivity contribution in [3.05, 3.63) is 12.2 Å². The van der Waals surface area contributed by atoms with Crippen molar-refractivity contribution in [1.82, 2.24) is 0 Å². The molecule has 0 aliphatic heterocycles. The normalized spacial score (nSPS) is 40.5. The predicted molar refractivity (Wildman–Crippen MR) is 44.1 cm³/mol. The van der Waals surface area contributed by atoms with Gasteiger partial charge in [-0.15, -0.1) is 0 Å². The zero-order chi connectivity index (χ0) is 7.84. The number of carbonyl (C=O) groups excluding carboxylic acids is 1. The quantitative estimate of drug-likeness (QED) is 0.551. The molecule has 60 valence electrons. The molecule has 0 aromatic rings. The summed E-state index contributed by atoms with van der Waals surface area (Å²) in [6, 6.07) is 0. The Bertz CT molecular complexity index is 205. The molecule has 0 aromatic heterocycles. The number of fused-ring (bicyclic) bond motifs is 1. The van der Waals surface area contributed by atoms with E-state index in [1.54, 1.807) is 0 Å². The summed E-state index contributed by atoms with van der Waals surface area (Å²) in [4.78, 5) is 11.4. The lowest BCUT2D eigenvalue weighted by Crippen LogP contribution is -2.44. The Morgan fingerprint density at radius 2 is 2.45 bits per heavy atom. The summed E-state index contributed by atoms with van der Waals surface area (Å²) in [6.45, 7) is 2.15. The van der Waals surface area contributed by atoms with Crippen molar-refractivity contribution in [3.63, 3.8) is 0 Å². The van der Waals surface area contributed by atoms with E-state index in [4.69, 9.17) is 0 Å². The van der Waals surface area contributed by atoms with Crippen LogP contribution in [0.3, 0.4) is 0 Å². The number of hydrogen-bond acceptors (Lipinski definition) is 1. The topological polar surface area (TPSA) is 17.1 Å². The van der Waals surface area contributed by atoms with Gasteiger partial charge in [0.05, 0.1) is 0 Å². The summed E-state index contributed by atoms with van der Waals surface area (Å²) < 4.78 is 0. The number of hydrogen-bond donors (Lipinski definition) is 0. The number of Topliss-reactive ketones (excluding diaryl/α,β-unsaturated/α-hetero) is 1. The highest BCUT2D eigenvalue weighted by molar-refractivity contribution is 5.91. The zero-order valence-electron chi connectivity index (χ0n) is 6.92. The third-order valence-electron chi connectivity index (χ3n) is 3.01. The van der Waals surface area contributed by atoms with E-state index in [2.05, 4.69) is 19.1 Å². The minimum absolute atomic E-state index is 0.392. The predicted octanol–water partition coefficient (Wildman–Crippen LogP) is 2.18. The van der Waals surface area contributed by atoms with Gasteiger partial charge in [0.25, 0.3) is 0 Å². The lowest BCUT2D eigenvalue weighted by Gasteiger charge is -2.38. The van der Waals surface area contributed by atoms with Gasteiger partial charge in [-0.1, -0.05) is 25.5 Å². The first-order valence-corrected chi connectivity index (χ1v) is 4.55. The van der Waals surface area contributed by atoms with Gasteiger partial charge < -0.3 is 0 Å². The average molecular weight is 150 g/mol. The van der Waals surface area contributed by atoms with E-state index < -0.39 is 0 Å². The van der Waals surface area contributed by atoms with Crippen molar-refractivity contribution >= 4 is 5.78 Å². The Kier molecular flexibility index (Phi) is 1.59. The highest BCUT2D eigenvalue weighted by Crippen LogP contribution is 2.46. The molecule has 0 N–H and O–H groups in total. The summed E-state index contributed by atoms with van der Waals surface area (Å²) >= 11 is 0. The molecule has 0 amide bonds. The second kappa shape index (κ2) is 2.47. The Morgan fingerprint density at radius 3 is 3.18 bits per heavy atom. The van der Waals surface area contributed by atoms with Gasteiger partial charge in [-0.05, 0) is 18.8 Å². The van der Waals surface area contributed by atoms with Gasteiger partial charge in [-0.2, -0.15) is 0 Å². The highest BCUT2D eigenvalue weighted by Gasteiger charge is 2.48. The van der Waals surface area contributed by atoms with Crippen LogP contribution in [0.25, 0.3) is 0 Å². The van der Waals surface area contributed by atoms with E-state index in [1.165, 1.54) is 0 Å². The van der Waals surface area contributed by atoms with E-state index in [0.29, 0.717) is 23.5 Å². The van der Waals surface area contributed by atoms with Crippen molar-refractivity contribution in [1.29, 1.82) is 0 Å². The third-order valence-corrected chi connectivity index (χ3v) is 3.01. The summed E-state index contributed by atoms with van der Waals surface area (Å²) in [5.41, 5.74) is 0. The molecule has 1 fully saturated rings. The highest BCUT2D eigenvalue weighted by atomic mass is 16.1. The molecule has 1 heteroatoms. The van der Waals surface area contributed by atoms with Gasteiger partial charge in [0.15, 0.2) is 0 Å².